The first-order valence-electron chi connectivity index (χ1n) is 3.96. The molecule has 0 heterocycles. The van der Waals surface area contributed by atoms with Crippen molar-refractivity contribution in [1.29, 1.82) is 0 Å². The van der Waals surface area contributed by atoms with Gasteiger partial charge < -0.3 is 10.4 Å². The molecule has 1 aromatic rings. The molecule has 80 valence electrons. The van der Waals surface area contributed by atoms with Crippen LogP contribution in [0.3, 0.4) is 0 Å². The van der Waals surface area contributed by atoms with Gasteiger partial charge >= 0.3 is 5.97 Å². The number of para-hydroxylation sites is 1. The van der Waals surface area contributed by atoms with Crippen molar-refractivity contribution in [1.82, 2.24) is 0 Å². The molecule has 1 amide bonds. The standard InChI is InChI=1S/C9H7ClFNO3/c10-5-2-1-3-6(11)9(5)12-7(13)4-8(14)15/h1-3H,4H2,(H,12,13)(H,14,15). The molecule has 15 heavy (non-hydrogen) atoms. The Kier molecular flexibility index (Phi) is 3.62. The summed E-state index contributed by atoms with van der Waals surface area (Å²) in [6, 6.07) is 3.88. The van der Waals surface area contributed by atoms with Crippen LogP contribution in [0.25, 0.3) is 0 Å². The van der Waals surface area contributed by atoms with E-state index < -0.39 is 24.1 Å². The predicted octanol–water partition coefficient (Wildman–Crippen LogP) is 1.89. The fourth-order valence-corrected chi connectivity index (χ4v) is 1.15. The quantitative estimate of drug-likeness (QED) is 0.781. The van der Waals surface area contributed by atoms with Gasteiger partial charge in [-0.1, -0.05) is 17.7 Å². The van der Waals surface area contributed by atoms with Crippen molar-refractivity contribution in [3.63, 3.8) is 0 Å². The minimum absolute atomic E-state index is 0.0220. The minimum atomic E-state index is -1.29. The zero-order valence-corrected chi connectivity index (χ0v) is 8.21. The van der Waals surface area contributed by atoms with Gasteiger partial charge in [0.25, 0.3) is 0 Å². The van der Waals surface area contributed by atoms with Gasteiger partial charge in [-0.2, -0.15) is 0 Å². The Bertz CT molecular complexity index is 388. The molecule has 0 aliphatic heterocycles. The summed E-state index contributed by atoms with van der Waals surface area (Å²) in [5.74, 6) is -2.82. The molecular formula is C9H7ClFNO3. The molecule has 2 N–H and O–H groups in total. The Morgan fingerprint density at radius 3 is 2.67 bits per heavy atom. The van der Waals surface area contributed by atoms with Crippen LogP contribution in [0.1, 0.15) is 6.42 Å². The molecule has 0 aromatic heterocycles. The zero-order chi connectivity index (χ0) is 11.4. The molecule has 1 aromatic carbocycles. The highest BCUT2D eigenvalue weighted by Crippen LogP contribution is 2.24. The third kappa shape index (κ3) is 3.21. The first kappa shape index (κ1) is 11.5. The highest BCUT2D eigenvalue weighted by atomic mass is 35.5. The Labute approximate surface area is 89.7 Å². The van der Waals surface area contributed by atoms with Gasteiger partial charge in [-0.15, -0.1) is 0 Å². The lowest BCUT2D eigenvalue weighted by Gasteiger charge is -2.06. The monoisotopic (exact) mass is 231 g/mol. The van der Waals surface area contributed by atoms with Crippen LogP contribution in [0, 0.1) is 5.82 Å². The summed E-state index contributed by atoms with van der Waals surface area (Å²) in [6.07, 6.45) is -0.731. The fraction of sp³-hybridized carbons (Fsp3) is 0.111. The van der Waals surface area contributed by atoms with E-state index in [-0.39, 0.29) is 10.7 Å². The normalized spacial score (nSPS) is 9.73. The number of hydrogen-bond donors (Lipinski definition) is 2. The number of benzene rings is 1. The van der Waals surface area contributed by atoms with Crippen LogP contribution in [0.5, 0.6) is 0 Å². The van der Waals surface area contributed by atoms with Gasteiger partial charge in [0.05, 0.1) is 10.7 Å². The van der Waals surface area contributed by atoms with E-state index in [1.54, 1.807) is 0 Å². The van der Waals surface area contributed by atoms with Crippen LogP contribution in [-0.2, 0) is 9.59 Å². The van der Waals surface area contributed by atoms with Gasteiger partial charge in [0.2, 0.25) is 5.91 Å². The van der Waals surface area contributed by atoms with Gasteiger partial charge in [-0.3, -0.25) is 9.59 Å². The molecule has 0 atom stereocenters. The summed E-state index contributed by atoms with van der Waals surface area (Å²) < 4.78 is 13.1. The number of halogens is 2. The second-order valence-electron chi connectivity index (χ2n) is 2.72. The predicted molar refractivity (Wildman–Crippen MR) is 52.3 cm³/mol. The fourth-order valence-electron chi connectivity index (χ4n) is 0.938. The molecule has 0 aliphatic rings. The summed E-state index contributed by atoms with van der Waals surface area (Å²) >= 11 is 5.61. The third-order valence-electron chi connectivity index (χ3n) is 1.54. The van der Waals surface area contributed by atoms with Crippen molar-refractivity contribution in [3.05, 3.63) is 29.0 Å². The third-order valence-corrected chi connectivity index (χ3v) is 1.85. The topological polar surface area (TPSA) is 66.4 Å². The van der Waals surface area contributed by atoms with Crippen molar-refractivity contribution in [2.45, 2.75) is 6.42 Å². The zero-order valence-electron chi connectivity index (χ0n) is 7.46. The van der Waals surface area contributed by atoms with Crippen molar-refractivity contribution >= 4 is 29.2 Å². The van der Waals surface area contributed by atoms with E-state index in [1.807, 2.05) is 0 Å². The average Bonchev–Trinajstić information content (AvgIpc) is 2.10. The molecule has 4 nitrogen and oxygen atoms in total. The van der Waals surface area contributed by atoms with Gasteiger partial charge in [-0.05, 0) is 12.1 Å². The Morgan fingerprint density at radius 1 is 1.47 bits per heavy atom. The summed E-state index contributed by atoms with van der Waals surface area (Å²) in [6.45, 7) is 0. The van der Waals surface area contributed by atoms with Crippen molar-refractivity contribution in [3.8, 4) is 0 Å². The minimum Gasteiger partial charge on any atom is -0.481 e. The second kappa shape index (κ2) is 4.75. The smallest absolute Gasteiger partial charge is 0.312 e. The molecule has 0 radical (unpaired) electrons. The maximum Gasteiger partial charge on any atom is 0.312 e. The van der Waals surface area contributed by atoms with Gasteiger partial charge in [0, 0.05) is 0 Å². The first-order chi connectivity index (χ1) is 7.00. The van der Waals surface area contributed by atoms with Crippen LogP contribution < -0.4 is 5.32 Å². The molecular weight excluding hydrogens is 225 g/mol. The van der Waals surface area contributed by atoms with Crippen LogP contribution in [-0.4, -0.2) is 17.0 Å². The molecule has 0 fully saturated rings. The summed E-state index contributed by atoms with van der Waals surface area (Å²) in [5.41, 5.74) is -0.203. The van der Waals surface area contributed by atoms with Crippen LogP contribution >= 0.6 is 11.6 Å². The second-order valence-corrected chi connectivity index (χ2v) is 3.12. The number of aliphatic carboxylic acids is 1. The maximum atomic E-state index is 13.1. The number of carbonyl (C=O) groups excluding carboxylic acids is 1. The highest BCUT2D eigenvalue weighted by Gasteiger charge is 2.12. The molecule has 0 saturated heterocycles. The molecule has 1 rings (SSSR count). The number of amides is 1. The SMILES string of the molecule is O=C(O)CC(=O)Nc1c(F)cccc1Cl. The van der Waals surface area contributed by atoms with Gasteiger partial charge in [-0.25, -0.2) is 4.39 Å². The number of rotatable bonds is 3. The Hall–Kier alpha value is -1.62. The van der Waals surface area contributed by atoms with Crippen LogP contribution in [0.15, 0.2) is 18.2 Å². The van der Waals surface area contributed by atoms with Gasteiger partial charge in [0.15, 0.2) is 0 Å². The number of carboxylic acids is 1. The van der Waals surface area contributed by atoms with Crippen molar-refractivity contribution < 1.29 is 19.1 Å². The Balaban J connectivity index is 2.80. The highest BCUT2D eigenvalue weighted by molar-refractivity contribution is 6.33. The average molecular weight is 232 g/mol. The van der Waals surface area contributed by atoms with Crippen molar-refractivity contribution in [2.24, 2.45) is 0 Å². The van der Waals surface area contributed by atoms with E-state index in [9.17, 15) is 14.0 Å². The lowest BCUT2D eigenvalue weighted by atomic mass is 10.3. The molecule has 6 heteroatoms. The molecule has 0 saturated carbocycles. The largest absolute Gasteiger partial charge is 0.481 e. The number of hydrogen-bond acceptors (Lipinski definition) is 2. The van der Waals surface area contributed by atoms with Crippen LogP contribution in [0.4, 0.5) is 10.1 Å². The Morgan fingerprint density at radius 2 is 2.13 bits per heavy atom. The summed E-state index contributed by atoms with van der Waals surface area (Å²) in [5, 5.41) is 10.4. The van der Waals surface area contributed by atoms with E-state index in [2.05, 4.69) is 5.32 Å². The van der Waals surface area contributed by atoms with E-state index in [1.165, 1.54) is 12.1 Å². The molecule has 0 spiro atoms. The maximum absolute atomic E-state index is 13.1. The molecule has 0 bridgehead atoms. The van der Waals surface area contributed by atoms with E-state index in [0.717, 1.165) is 6.07 Å². The van der Waals surface area contributed by atoms with E-state index in [4.69, 9.17) is 16.7 Å². The van der Waals surface area contributed by atoms with Crippen molar-refractivity contribution in [2.75, 3.05) is 5.32 Å². The number of carbonyl (C=O) groups is 2. The number of nitrogens with one attached hydrogen (secondary N) is 1. The molecule has 0 aliphatic carbocycles. The lowest BCUT2D eigenvalue weighted by molar-refractivity contribution is -0.139. The number of carboxylic acid groups (broad SMARTS) is 1. The molecule has 0 unspecified atom stereocenters. The van der Waals surface area contributed by atoms with Gasteiger partial charge in [0.1, 0.15) is 12.2 Å². The van der Waals surface area contributed by atoms with Crippen LogP contribution in [0.2, 0.25) is 5.02 Å². The van der Waals surface area contributed by atoms with E-state index in [0.29, 0.717) is 0 Å². The van der Waals surface area contributed by atoms with E-state index >= 15 is 0 Å². The summed E-state index contributed by atoms with van der Waals surface area (Å²) in [4.78, 5) is 21.2. The lowest BCUT2D eigenvalue weighted by Crippen LogP contribution is -2.16. The summed E-state index contributed by atoms with van der Waals surface area (Å²) in [7, 11) is 0. The first-order valence-corrected chi connectivity index (χ1v) is 4.34. The number of anilines is 1.